The standard InChI is InChI=1S/C18H18ClNOS/c1-11-17(22)20-16-8-7-13(10-15(16)18(2,3)21-11)12-5-4-6-14(19)9-12/h4-11H,1-3H3,(H,20,22). The Kier molecular flexibility index (Phi) is 3.98. The number of rotatable bonds is 1. The molecule has 2 aromatic rings. The number of hydrogen-bond donors (Lipinski definition) is 1. The van der Waals surface area contributed by atoms with E-state index < -0.39 is 5.60 Å². The first-order valence-corrected chi connectivity index (χ1v) is 8.04. The van der Waals surface area contributed by atoms with Crippen LogP contribution in [0.3, 0.4) is 0 Å². The number of thiocarbonyl (C=S) groups is 1. The van der Waals surface area contributed by atoms with Gasteiger partial charge in [0.15, 0.2) is 0 Å². The third kappa shape index (κ3) is 2.89. The molecule has 0 saturated heterocycles. The second kappa shape index (κ2) is 5.65. The molecule has 1 aliphatic rings. The van der Waals surface area contributed by atoms with Gasteiger partial charge in [0.1, 0.15) is 11.1 Å². The quantitative estimate of drug-likeness (QED) is 0.707. The molecule has 0 spiro atoms. The summed E-state index contributed by atoms with van der Waals surface area (Å²) in [7, 11) is 0. The Bertz CT molecular complexity index is 742. The average Bonchev–Trinajstić information content (AvgIpc) is 2.54. The lowest BCUT2D eigenvalue weighted by molar-refractivity contribution is -0.0366. The Hall–Kier alpha value is -1.42. The number of anilines is 1. The van der Waals surface area contributed by atoms with E-state index in [0.717, 1.165) is 27.4 Å². The van der Waals surface area contributed by atoms with Gasteiger partial charge in [-0.15, -0.1) is 0 Å². The summed E-state index contributed by atoms with van der Waals surface area (Å²) >= 11 is 11.5. The molecular formula is C18H18ClNOS. The minimum absolute atomic E-state index is 0.119. The monoisotopic (exact) mass is 331 g/mol. The van der Waals surface area contributed by atoms with Gasteiger partial charge in [-0.2, -0.15) is 0 Å². The van der Waals surface area contributed by atoms with Crippen molar-refractivity contribution in [1.29, 1.82) is 0 Å². The summed E-state index contributed by atoms with van der Waals surface area (Å²) in [5.41, 5.74) is 3.88. The molecule has 3 rings (SSSR count). The van der Waals surface area contributed by atoms with Gasteiger partial charge in [0.05, 0.1) is 5.60 Å². The van der Waals surface area contributed by atoms with Gasteiger partial charge in [0.2, 0.25) is 0 Å². The van der Waals surface area contributed by atoms with Gasteiger partial charge in [-0.3, -0.25) is 0 Å². The van der Waals surface area contributed by atoms with Crippen molar-refractivity contribution in [3.8, 4) is 11.1 Å². The maximum Gasteiger partial charge on any atom is 0.109 e. The first-order chi connectivity index (χ1) is 10.4. The fourth-order valence-electron chi connectivity index (χ4n) is 2.79. The largest absolute Gasteiger partial charge is 0.361 e. The maximum atomic E-state index is 6.12. The summed E-state index contributed by atoms with van der Waals surface area (Å²) < 4.78 is 6.12. The van der Waals surface area contributed by atoms with Crippen LogP contribution in [0, 0.1) is 0 Å². The molecule has 1 aliphatic heterocycles. The lowest BCUT2D eigenvalue weighted by atomic mass is 9.92. The number of nitrogens with one attached hydrogen (secondary N) is 1. The normalized spacial score (nSPS) is 20.0. The summed E-state index contributed by atoms with van der Waals surface area (Å²) in [4.78, 5) is 0.710. The number of hydrogen-bond acceptors (Lipinski definition) is 2. The Balaban J connectivity index is 2.12. The molecule has 2 nitrogen and oxygen atoms in total. The van der Waals surface area contributed by atoms with Crippen molar-refractivity contribution in [3.05, 3.63) is 53.1 Å². The molecule has 22 heavy (non-hydrogen) atoms. The van der Waals surface area contributed by atoms with Crippen LogP contribution in [-0.2, 0) is 10.3 Å². The van der Waals surface area contributed by atoms with E-state index in [9.17, 15) is 0 Å². The predicted molar refractivity (Wildman–Crippen MR) is 96.7 cm³/mol. The van der Waals surface area contributed by atoms with Crippen LogP contribution in [0.15, 0.2) is 42.5 Å². The molecular weight excluding hydrogens is 314 g/mol. The van der Waals surface area contributed by atoms with E-state index in [1.165, 1.54) is 0 Å². The van der Waals surface area contributed by atoms with Gasteiger partial charge in [-0.25, -0.2) is 0 Å². The molecule has 0 amide bonds. The Morgan fingerprint density at radius 1 is 1.14 bits per heavy atom. The SMILES string of the molecule is CC1OC(C)(C)c2cc(-c3cccc(Cl)c3)ccc2NC1=S. The van der Waals surface area contributed by atoms with Crippen LogP contribution in [0.4, 0.5) is 5.69 Å². The first-order valence-electron chi connectivity index (χ1n) is 7.26. The van der Waals surface area contributed by atoms with E-state index in [2.05, 4.69) is 43.4 Å². The molecule has 0 aromatic heterocycles. The zero-order valence-corrected chi connectivity index (χ0v) is 14.4. The highest BCUT2D eigenvalue weighted by molar-refractivity contribution is 7.80. The van der Waals surface area contributed by atoms with E-state index in [1.807, 2.05) is 25.1 Å². The van der Waals surface area contributed by atoms with Crippen molar-refractivity contribution < 1.29 is 4.74 Å². The van der Waals surface area contributed by atoms with Crippen molar-refractivity contribution in [2.45, 2.75) is 32.5 Å². The lowest BCUT2D eigenvalue weighted by Gasteiger charge is -2.27. The van der Waals surface area contributed by atoms with E-state index in [1.54, 1.807) is 0 Å². The van der Waals surface area contributed by atoms with E-state index in [0.29, 0.717) is 4.99 Å². The molecule has 0 fully saturated rings. The van der Waals surface area contributed by atoms with Crippen LogP contribution in [0.2, 0.25) is 5.02 Å². The predicted octanol–water partition coefficient (Wildman–Crippen LogP) is 5.40. The summed E-state index contributed by atoms with van der Waals surface area (Å²) in [6.07, 6.45) is -0.119. The molecule has 0 aliphatic carbocycles. The first kappa shape index (κ1) is 15.5. The van der Waals surface area contributed by atoms with E-state index in [-0.39, 0.29) is 6.10 Å². The van der Waals surface area contributed by atoms with E-state index >= 15 is 0 Å². The molecule has 1 heterocycles. The topological polar surface area (TPSA) is 21.3 Å². The third-order valence-corrected chi connectivity index (χ3v) is 4.59. The molecule has 1 N–H and O–H groups in total. The van der Waals surface area contributed by atoms with Crippen molar-refractivity contribution in [1.82, 2.24) is 0 Å². The van der Waals surface area contributed by atoms with Crippen LogP contribution in [0.25, 0.3) is 11.1 Å². The smallest absolute Gasteiger partial charge is 0.109 e. The van der Waals surface area contributed by atoms with E-state index in [4.69, 9.17) is 28.6 Å². The molecule has 1 unspecified atom stereocenters. The number of ether oxygens (including phenoxy) is 1. The minimum atomic E-state index is -0.420. The molecule has 0 bridgehead atoms. The van der Waals surface area contributed by atoms with Crippen molar-refractivity contribution in [2.24, 2.45) is 0 Å². The number of benzene rings is 2. The Morgan fingerprint density at radius 2 is 1.86 bits per heavy atom. The zero-order chi connectivity index (χ0) is 15.9. The summed E-state index contributed by atoms with van der Waals surface area (Å²) in [5.74, 6) is 0. The van der Waals surface area contributed by atoms with Crippen LogP contribution in [-0.4, -0.2) is 11.1 Å². The molecule has 0 saturated carbocycles. The third-order valence-electron chi connectivity index (χ3n) is 3.92. The summed E-state index contributed by atoms with van der Waals surface area (Å²) in [6.45, 7) is 6.11. The van der Waals surface area contributed by atoms with Crippen molar-refractivity contribution in [2.75, 3.05) is 5.32 Å². The van der Waals surface area contributed by atoms with Crippen molar-refractivity contribution >= 4 is 34.5 Å². The van der Waals surface area contributed by atoms with Crippen LogP contribution >= 0.6 is 23.8 Å². The summed E-state index contributed by atoms with van der Waals surface area (Å²) in [6, 6.07) is 14.1. The highest BCUT2D eigenvalue weighted by atomic mass is 35.5. The zero-order valence-electron chi connectivity index (χ0n) is 12.8. The number of fused-ring (bicyclic) bond motifs is 1. The van der Waals surface area contributed by atoms with Gasteiger partial charge in [-0.1, -0.05) is 42.0 Å². The fraction of sp³-hybridized carbons (Fsp3) is 0.278. The van der Waals surface area contributed by atoms with Crippen LogP contribution in [0.1, 0.15) is 26.3 Å². The lowest BCUT2D eigenvalue weighted by Crippen LogP contribution is -2.29. The second-order valence-corrected chi connectivity index (χ2v) is 6.91. The average molecular weight is 332 g/mol. The second-order valence-electron chi connectivity index (χ2n) is 6.03. The highest BCUT2D eigenvalue weighted by Crippen LogP contribution is 2.38. The molecule has 114 valence electrons. The summed E-state index contributed by atoms with van der Waals surface area (Å²) in [5, 5.41) is 4.03. The van der Waals surface area contributed by atoms with Gasteiger partial charge >= 0.3 is 0 Å². The van der Waals surface area contributed by atoms with Gasteiger partial charge in [-0.05, 0) is 56.2 Å². The number of halogens is 1. The maximum absolute atomic E-state index is 6.12. The van der Waals surface area contributed by atoms with Crippen LogP contribution < -0.4 is 5.32 Å². The molecule has 4 heteroatoms. The highest BCUT2D eigenvalue weighted by Gasteiger charge is 2.32. The van der Waals surface area contributed by atoms with Gasteiger partial charge in [0.25, 0.3) is 0 Å². The Labute approximate surface area is 141 Å². The molecule has 0 radical (unpaired) electrons. The van der Waals surface area contributed by atoms with Crippen LogP contribution in [0.5, 0.6) is 0 Å². The Morgan fingerprint density at radius 3 is 2.59 bits per heavy atom. The van der Waals surface area contributed by atoms with Gasteiger partial charge < -0.3 is 10.1 Å². The molecule has 2 aromatic carbocycles. The minimum Gasteiger partial charge on any atom is -0.361 e. The molecule has 1 atom stereocenters. The fourth-order valence-corrected chi connectivity index (χ4v) is 3.14. The van der Waals surface area contributed by atoms with Gasteiger partial charge in [0, 0.05) is 16.3 Å². The van der Waals surface area contributed by atoms with Crippen molar-refractivity contribution in [3.63, 3.8) is 0 Å².